The third kappa shape index (κ3) is 44.0. The number of carbonyl (C=O) groups is 3. The average Bonchev–Trinajstić information content (AvgIpc) is 3.22. The Kier molecular flexibility index (Phi) is 44.0. The summed E-state index contributed by atoms with van der Waals surface area (Å²) >= 11 is 0. The number of esters is 3. The fourth-order valence-electron chi connectivity index (χ4n) is 6.46. The predicted octanol–water partition coefficient (Wildman–Crippen LogP) is 15.5. The van der Waals surface area contributed by atoms with Gasteiger partial charge in [-0.3, -0.25) is 14.4 Å². The van der Waals surface area contributed by atoms with Gasteiger partial charge in [0.25, 0.3) is 0 Å². The molecule has 0 saturated carbocycles. The Balaban J connectivity index is 4.42. The van der Waals surface area contributed by atoms with E-state index in [1.54, 1.807) is 0 Å². The minimum atomic E-state index is -0.788. The minimum Gasteiger partial charge on any atom is -0.462 e. The van der Waals surface area contributed by atoms with Crippen LogP contribution in [0.3, 0.4) is 0 Å². The first kappa shape index (κ1) is 54.9. The molecule has 6 nitrogen and oxygen atoms in total. The summed E-state index contributed by atoms with van der Waals surface area (Å²) in [5.41, 5.74) is 0. The van der Waals surface area contributed by atoms with Gasteiger partial charge in [0.2, 0.25) is 0 Å². The van der Waals surface area contributed by atoms with Gasteiger partial charge < -0.3 is 14.2 Å². The van der Waals surface area contributed by atoms with Gasteiger partial charge in [-0.15, -0.1) is 0 Å². The Labute approximate surface area is 357 Å². The Morgan fingerprint density at radius 1 is 0.379 bits per heavy atom. The van der Waals surface area contributed by atoms with Gasteiger partial charge in [0.05, 0.1) is 0 Å². The Morgan fingerprint density at radius 2 is 0.759 bits per heavy atom. The number of carbonyl (C=O) groups excluding carboxylic acids is 3. The lowest BCUT2D eigenvalue weighted by atomic mass is 10.1. The smallest absolute Gasteiger partial charge is 0.306 e. The standard InChI is InChI=1S/C52H88O6/c1-4-7-10-13-16-19-22-24-25-26-28-30-33-36-39-42-45-51(54)57-48-49(47-56-50(53)44-41-38-35-32-29-21-18-15-12-9-6-3)58-52(55)46-43-40-37-34-31-27-23-20-17-14-11-8-5-2/h7-8,10-11,14,16-17,19-20,23-25,49H,4-6,9,12-13,15,18,21-22,26-48H2,1-3H3/b10-7-,11-8-,17-14-,19-16-,23-20-,25-24-. The molecule has 0 amide bonds. The highest BCUT2D eigenvalue weighted by atomic mass is 16.6. The number of allylic oxidation sites excluding steroid dienone is 12. The van der Waals surface area contributed by atoms with E-state index >= 15 is 0 Å². The van der Waals surface area contributed by atoms with Crippen LogP contribution in [-0.2, 0) is 28.6 Å². The van der Waals surface area contributed by atoms with Crippen LogP contribution in [0.25, 0.3) is 0 Å². The van der Waals surface area contributed by atoms with Crippen molar-refractivity contribution in [3.8, 4) is 0 Å². The molecule has 0 aliphatic heterocycles. The van der Waals surface area contributed by atoms with Crippen LogP contribution >= 0.6 is 0 Å². The zero-order valence-electron chi connectivity index (χ0n) is 37.8. The second-order valence-corrected chi connectivity index (χ2v) is 15.7. The van der Waals surface area contributed by atoms with E-state index in [0.29, 0.717) is 19.3 Å². The first-order valence-electron chi connectivity index (χ1n) is 24.0. The summed E-state index contributed by atoms with van der Waals surface area (Å²) < 4.78 is 16.7. The largest absolute Gasteiger partial charge is 0.462 e. The molecule has 0 spiro atoms. The molecule has 332 valence electrons. The fraction of sp³-hybridized carbons (Fsp3) is 0.712. The fourth-order valence-corrected chi connectivity index (χ4v) is 6.46. The molecule has 0 heterocycles. The molecule has 0 fully saturated rings. The summed E-state index contributed by atoms with van der Waals surface area (Å²) in [4.78, 5) is 37.8. The lowest BCUT2D eigenvalue weighted by Gasteiger charge is -2.18. The Hall–Kier alpha value is -3.15. The van der Waals surface area contributed by atoms with Gasteiger partial charge in [0.15, 0.2) is 6.10 Å². The van der Waals surface area contributed by atoms with Crippen molar-refractivity contribution in [2.45, 2.75) is 226 Å². The highest BCUT2D eigenvalue weighted by Crippen LogP contribution is 2.14. The van der Waals surface area contributed by atoms with Crippen molar-refractivity contribution in [3.05, 3.63) is 72.9 Å². The van der Waals surface area contributed by atoms with Crippen LogP contribution in [-0.4, -0.2) is 37.2 Å². The first-order chi connectivity index (χ1) is 28.5. The molecule has 0 aromatic carbocycles. The molecule has 58 heavy (non-hydrogen) atoms. The second kappa shape index (κ2) is 46.5. The van der Waals surface area contributed by atoms with Crippen LogP contribution in [0.2, 0.25) is 0 Å². The third-order valence-electron chi connectivity index (χ3n) is 10.0. The summed E-state index contributed by atoms with van der Waals surface area (Å²) in [6.07, 6.45) is 57.4. The molecule has 1 unspecified atom stereocenters. The normalized spacial score (nSPS) is 12.7. The molecular formula is C52H88O6. The van der Waals surface area contributed by atoms with Gasteiger partial charge in [-0.2, -0.15) is 0 Å². The molecule has 0 saturated heterocycles. The van der Waals surface area contributed by atoms with E-state index in [1.807, 2.05) is 0 Å². The monoisotopic (exact) mass is 809 g/mol. The highest BCUT2D eigenvalue weighted by Gasteiger charge is 2.19. The van der Waals surface area contributed by atoms with Gasteiger partial charge in [0, 0.05) is 19.3 Å². The highest BCUT2D eigenvalue weighted by molar-refractivity contribution is 5.71. The van der Waals surface area contributed by atoms with Crippen LogP contribution in [0, 0.1) is 0 Å². The molecule has 0 aliphatic carbocycles. The number of rotatable bonds is 42. The van der Waals surface area contributed by atoms with Crippen LogP contribution in [0.15, 0.2) is 72.9 Å². The van der Waals surface area contributed by atoms with E-state index in [1.165, 1.54) is 70.6 Å². The first-order valence-corrected chi connectivity index (χ1v) is 24.0. The van der Waals surface area contributed by atoms with E-state index in [4.69, 9.17) is 14.2 Å². The van der Waals surface area contributed by atoms with Crippen molar-refractivity contribution in [1.29, 1.82) is 0 Å². The van der Waals surface area contributed by atoms with Crippen LogP contribution in [0.5, 0.6) is 0 Å². The molecule has 0 aromatic heterocycles. The SMILES string of the molecule is CC\C=C/C=C\C=C/CCCCCCCC(=O)OC(COC(=O)CCCCCCCC/C=C\C/C=C\C/C=C\CC)COC(=O)CCCCCCCCCCCCC. The summed E-state index contributed by atoms with van der Waals surface area (Å²) in [5.74, 6) is -0.924. The zero-order valence-corrected chi connectivity index (χ0v) is 37.8. The zero-order chi connectivity index (χ0) is 42.3. The van der Waals surface area contributed by atoms with E-state index in [-0.39, 0.29) is 31.1 Å². The van der Waals surface area contributed by atoms with Gasteiger partial charge >= 0.3 is 17.9 Å². The van der Waals surface area contributed by atoms with E-state index in [0.717, 1.165) is 109 Å². The number of unbranched alkanes of at least 4 members (excludes halogenated alkanes) is 21. The van der Waals surface area contributed by atoms with Crippen molar-refractivity contribution in [2.75, 3.05) is 13.2 Å². The summed E-state index contributed by atoms with van der Waals surface area (Å²) in [5, 5.41) is 0. The molecule has 0 rings (SSSR count). The molecule has 0 radical (unpaired) electrons. The summed E-state index contributed by atoms with van der Waals surface area (Å²) in [6, 6.07) is 0. The van der Waals surface area contributed by atoms with Crippen molar-refractivity contribution in [1.82, 2.24) is 0 Å². The second-order valence-electron chi connectivity index (χ2n) is 15.7. The maximum absolute atomic E-state index is 12.7. The number of ether oxygens (including phenoxy) is 3. The van der Waals surface area contributed by atoms with Crippen molar-refractivity contribution in [2.24, 2.45) is 0 Å². The Bertz CT molecular complexity index is 1110. The van der Waals surface area contributed by atoms with E-state index in [2.05, 4.69) is 93.7 Å². The van der Waals surface area contributed by atoms with Gasteiger partial charge in [-0.05, 0) is 70.6 Å². The van der Waals surface area contributed by atoms with Gasteiger partial charge in [0.1, 0.15) is 13.2 Å². The maximum Gasteiger partial charge on any atom is 0.306 e. The van der Waals surface area contributed by atoms with Gasteiger partial charge in [-0.25, -0.2) is 0 Å². The summed E-state index contributed by atoms with van der Waals surface area (Å²) in [6.45, 7) is 6.35. The molecule has 0 aromatic rings. The molecule has 0 N–H and O–H groups in total. The average molecular weight is 809 g/mol. The van der Waals surface area contributed by atoms with Crippen LogP contribution in [0.1, 0.15) is 220 Å². The van der Waals surface area contributed by atoms with Crippen molar-refractivity contribution < 1.29 is 28.6 Å². The topological polar surface area (TPSA) is 78.9 Å². The lowest BCUT2D eigenvalue weighted by Crippen LogP contribution is -2.30. The van der Waals surface area contributed by atoms with Crippen molar-refractivity contribution >= 4 is 17.9 Å². The predicted molar refractivity (Wildman–Crippen MR) is 247 cm³/mol. The number of hydrogen-bond donors (Lipinski definition) is 0. The van der Waals surface area contributed by atoms with Gasteiger partial charge in [-0.1, -0.05) is 203 Å². The molecule has 6 heteroatoms. The minimum absolute atomic E-state index is 0.0873. The summed E-state index contributed by atoms with van der Waals surface area (Å²) in [7, 11) is 0. The molecular weight excluding hydrogens is 721 g/mol. The van der Waals surface area contributed by atoms with E-state index < -0.39 is 6.10 Å². The maximum atomic E-state index is 12.7. The quantitative estimate of drug-likeness (QED) is 0.0201. The van der Waals surface area contributed by atoms with Crippen LogP contribution in [0.4, 0.5) is 0 Å². The Morgan fingerprint density at radius 3 is 1.24 bits per heavy atom. The third-order valence-corrected chi connectivity index (χ3v) is 10.0. The van der Waals surface area contributed by atoms with E-state index in [9.17, 15) is 14.4 Å². The van der Waals surface area contributed by atoms with Crippen molar-refractivity contribution in [3.63, 3.8) is 0 Å². The van der Waals surface area contributed by atoms with Crippen LogP contribution < -0.4 is 0 Å². The lowest BCUT2D eigenvalue weighted by molar-refractivity contribution is -0.167. The number of hydrogen-bond acceptors (Lipinski definition) is 6. The molecule has 0 bridgehead atoms. The molecule has 0 aliphatic rings. The molecule has 1 atom stereocenters.